The van der Waals surface area contributed by atoms with E-state index in [1.54, 1.807) is 11.8 Å². The lowest BCUT2D eigenvalue weighted by atomic mass is 10.0. The Bertz CT molecular complexity index is 499. The van der Waals surface area contributed by atoms with E-state index in [1.807, 2.05) is 30.5 Å². The van der Waals surface area contributed by atoms with Crippen molar-refractivity contribution < 1.29 is 9.59 Å². The summed E-state index contributed by atoms with van der Waals surface area (Å²) < 4.78 is 0. The second kappa shape index (κ2) is 6.31. The van der Waals surface area contributed by atoms with Crippen LogP contribution in [0.1, 0.15) is 31.7 Å². The Labute approximate surface area is 123 Å². The molecule has 1 heterocycles. The van der Waals surface area contributed by atoms with Crippen LogP contribution in [0.3, 0.4) is 0 Å². The van der Waals surface area contributed by atoms with Crippen molar-refractivity contribution >= 4 is 29.4 Å². The summed E-state index contributed by atoms with van der Waals surface area (Å²) in [5.41, 5.74) is 1.84. The number of nitrogens with one attached hydrogen (secondary N) is 1. The molecule has 2 rings (SSSR count). The smallest absolute Gasteiger partial charge is 0.325 e. The third-order valence-electron chi connectivity index (χ3n) is 3.45. The van der Waals surface area contributed by atoms with Crippen molar-refractivity contribution in [3.63, 3.8) is 0 Å². The molecule has 1 aromatic rings. The summed E-state index contributed by atoms with van der Waals surface area (Å²) in [5, 5.41) is 2.75. The molecular formula is C15H20N2O2S. The van der Waals surface area contributed by atoms with E-state index in [2.05, 4.69) is 19.2 Å². The van der Waals surface area contributed by atoms with Crippen LogP contribution < -0.4 is 10.2 Å². The van der Waals surface area contributed by atoms with Gasteiger partial charge in [0, 0.05) is 0 Å². The lowest BCUT2D eigenvalue weighted by Crippen LogP contribution is -2.31. The molecule has 5 heteroatoms. The van der Waals surface area contributed by atoms with Crippen molar-refractivity contribution in [2.75, 3.05) is 16.9 Å². The highest BCUT2D eigenvalue weighted by Gasteiger charge is 2.38. The zero-order valence-electron chi connectivity index (χ0n) is 12.1. The number of carbonyl (C=O) groups excluding carboxylic acids is 2. The molecule has 1 atom stereocenters. The highest BCUT2D eigenvalue weighted by atomic mass is 32.2. The number of hydrogen-bond acceptors (Lipinski definition) is 3. The SMILES string of the molecule is CSCCC1NC(=O)N(c2ccc(C(C)C)cc2)C1=O. The second-order valence-electron chi connectivity index (χ2n) is 5.20. The van der Waals surface area contributed by atoms with Gasteiger partial charge in [-0.1, -0.05) is 26.0 Å². The standard InChI is InChI=1S/C15H20N2O2S/c1-10(2)11-4-6-12(7-5-11)17-14(18)13(8-9-20-3)16-15(17)19/h4-7,10,13H,8-9H2,1-3H3,(H,16,19). The first-order valence-electron chi connectivity index (χ1n) is 6.78. The molecule has 1 saturated heterocycles. The number of urea groups is 1. The first kappa shape index (κ1) is 14.9. The topological polar surface area (TPSA) is 49.4 Å². The van der Waals surface area contributed by atoms with E-state index in [0.717, 1.165) is 5.75 Å². The summed E-state index contributed by atoms with van der Waals surface area (Å²) in [6.45, 7) is 4.22. The summed E-state index contributed by atoms with van der Waals surface area (Å²) in [4.78, 5) is 25.5. The number of nitrogens with zero attached hydrogens (tertiary/aromatic N) is 1. The minimum Gasteiger partial charge on any atom is -0.325 e. The Balaban J connectivity index is 2.15. The molecule has 1 N–H and O–H groups in total. The quantitative estimate of drug-likeness (QED) is 0.849. The van der Waals surface area contributed by atoms with Crippen molar-refractivity contribution in [1.29, 1.82) is 0 Å². The third-order valence-corrected chi connectivity index (χ3v) is 4.09. The zero-order chi connectivity index (χ0) is 14.7. The van der Waals surface area contributed by atoms with Crippen LogP contribution in [0.25, 0.3) is 0 Å². The van der Waals surface area contributed by atoms with Crippen LogP contribution >= 0.6 is 11.8 Å². The molecule has 1 aromatic carbocycles. The molecule has 0 aliphatic carbocycles. The van der Waals surface area contributed by atoms with E-state index < -0.39 is 0 Å². The van der Waals surface area contributed by atoms with Gasteiger partial charge in [0.1, 0.15) is 6.04 Å². The summed E-state index contributed by atoms with van der Waals surface area (Å²) in [6, 6.07) is 6.90. The van der Waals surface area contributed by atoms with Gasteiger partial charge in [-0.15, -0.1) is 0 Å². The zero-order valence-corrected chi connectivity index (χ0v) is 12.9. The van der Waals surface area contributed by atoms with E-state index in [9.17, 15) is 9.59 Å². The van der Waals surface area contributed by atoms with Crippen LogP contribution in [0.5, 0.6) is 0 Å². The lowest BCUT2D eigenvalue weighted by molar-refractivity contribution is -0.118. The minimum absolute atomic E-state index is 0.152. The molecule has 1 aliphatic heterocycles. The van der Waals surface area contributed by atoms with Crippen LogP contribution in [-0.4, -0.2) is 30.0 Å². The average molecular weight is 292 g/mol. The van der Waals surface area contributed by atoms with Gasteiger partial charge in [0.2, 0.25) is 0 Å². The monoisotopic (exact) mass is 292 g/mol. The molecule has 0 saturated carbocycles. The molecule has 1 aliphatic rings. The maximum Gasteiger partial charge on any atom is 0.329 e. The lowest BCUT2D eigenvalue weighted by Gasteiger charge is -2.14. The number of hydrogen-bond donors (Lipinski definition) is 1. The molecule has 4 nitrogen and oxygen atoms in total. The molecule has 1 fully saturated rings. The first-order chi connectivity index (χ1) is 9.54. The van der Waals surface area contributed by atoms with E-state index in [1.165, 1.54) is 10.5 Å². The Kier molecular flexibility index (Phi) is 4.70. The number of imide groups is 1. The number of thioether (sulfide) groups is 1. The highest BCUT2D eigenvalue weighted by Crippen LogP contribution is 2.24. The van der Waals surface area contributed by atoms with Gasteiger partial charge < -0.3 is 5.32 Å². The number of benzene rings is 1. The largest absolute Gasteiger partial charge is 0.329 e. The van der Waals surface area contributed by atoms with Crippen LogP contribution in [0.15, 0.2) is 24.3 Å². The van der Waals surface area contributed by atoms with Gasteiger partial charge in [-0.25, -0.2) is 9.69 Å². The number of anilines is 1. The van der Waals surface area contributed by atoms with Gasteiger partial charge >= 0.3 is 6.03 Å². The van der Waals surface area contributed by atoms with Crippen molar-refractivity contribution in [2.45, 2.75) is 32.2 Å². The van der Waals surface area contributed by atoms with Gasteiger partial charge in [0.15, 0.2) is 0 Å². The Morgan fingerprint density at radius 2 is 1.90 bits per heavy atom. The molecule has 0 radical (unpaired) electrons. The normalized spacial score (nSPS) is 18.8. The summed E-state index contributed by atoms with van der Waals surface area (Å²) in [7, 11) is 0. The fraction of sp³-hybridized carbons (Fsp3) is 0.467. The predicted octanol–water partition coefficient (Wildman–Crippen LogP) is 2.99. The molecule has 0 aromatic heterocycles. The first-order valence-corrected chi connectivity index (χ1v) is 8.17. The summed E-state index contributed by atoms with van der Waals surface area (Å²) in [6.07, 6.45) is 2.66. The maximum atomic E-state index is 12.3. The van der Waals surface area contributed by atoms with Crippen molar-refractivity contribution in [2.24, 2.45) is 0 Å². The van der Waals surface area contributed by atoms with Crippen LogP contribution in [0.4, 0.5) is 10.5 Å². The Morgan fingerprint density at radius 3 is 2.45 bits per heavy atom. The average Bonchev–Trinajstić information content (AvgIpc) is 2.71. The maximum absolute atomic E-state index is 12.3. The summed E-state index contributed by atoms with van der Waals surface area (Å²) in [5.74, 6) is 1.14. The van der Waals surface area contributed by atoms with E-state index in [0.29, 0.717) is 18.0 Å². The Hall–Kier alpha value is -1.49. The molecule has 0 spiro atoms. The predicted molar refractivity (Wildman–Crippen MR) is 83.3 cm³/mol. The third kappa shape index (κ3) is 2.98. The molecule has 0 bridgehead atoms. The molecule has 1 unspecified atom stereocenters. The fourth-order valence-corrected chi connectivity index (χ4v) is 2.69. The molecular weight excluding hydrogens is 272 g/mol. The second-order valence-corrected chi connectivity index (χ2v) is 6.19. The van der Waals surface area contributed by atoms with Gasteiger partial charge in [-0.2, -0.15) is 11.8 Å². The number of carbonyl (C=O) groups is 2. The molecule has 20 heavy (non-hydrogen) atoms. The number of amides is 3. The van der Waals surface area contributed by atoms with Gasteiger partial charge in [0.05, 0.1) is 5.69 Å². The minimum atomic E-state index is -0.389. The van der Waals surface area contributed by atoms with Gasteiger partial charge in [0.25, 0.3) is 5.91 Å². The van der Waals surface area contributed by atoms with Gasteiger partial charge in [-0.3, -0.25) is 4.79 Å². The Morgan fingerprint density at radius 1 is 1.25 bits per heavy atom. The summed E-state index contributed by atoms with van der Waals surface area (Å²) >= 11 is 1.67. The van der Waals surface area contributed by atoms with Crippen LogP contribution in [-0.2, 0) is 4.79 Å². The fourth-order valence-electron chi connectivity index (χ4n) is 2.22. The van der Waals surface area contributed by atoms with Crippen molar-refractivity contribution in [3.8, 4) is 0 Å². The van der Waals surface area contributed by atoms with Crippen LogP contribution in [0.2, 0.25) is 0 Å². The van der Waals surface area contributed by atoms with Crippen LogP contribution in [0, 0.1) is 0 Å². The van der Waals surface area contributed by atoms with Crippen molar-refractivity contribution in [3.05, 3.63) is 29.8 Å². The van der Waals surface area contributed by atoms with E-state index in [-0.39, 0.29) is 18.0 Å². The van der Waals surface area contributed by atoms with E-state index in [4.69, 9.17) is 0 Å². The molecule has 3 amide bonds. The van der Waals surface area contributed by atoms with E-state index >= 15 is 0 Å². The van der Waals surface area contributed by atoms with Gasteiger partial charge in [-0.05, 0) is 42.0 Å². The number of rotatable bonds is 5. The van der Waals surface area contributed by atoms with Crippen molar-refractivity contribution in [1.82, 2.24) is 5.32 Å². The molecule has 108 valence electrons. The highest BCUT2D eigenvalue weighted by molar-refractivity contribution is 7.98.